The van der Waals surface area contributed by atoms with Gasteiger partial charge in [-0.05, 0) is 29.8 Å². The van der Waals surface area contributed by atoms with Crippen LogP contribution in [-0.2, 0) is 15.3 Å². The Bertz CT molecular complexity index is 921. The second kappa shape index (κ2) is 10.3. The summed E-state index contributed by atoms with van der Waals surface area (Å²) in [5.74, 6) is 0.0679. The van der Waals surface area contributed by atoms with Crippen LogP contribution in [0.3, 0.4) is 0 Å². The third-order valence-electron chi connectivity index (χ3n) is 4.53. The second-order valence-corrected chi connectivity index (χ2v) is 7.56. The van der Waals surface area contributed by atoms with Crippen molar-refractivity contribution in [2.24, 2.45) is 0 Å². The van der Waals surface area contributed by atoms with Gasteiger partial charge in [0.2, 0.25) is 5.91 Å². The number of thioether (sulfide) groups is 1. The zero-order valence-corrected chi connectivity index (χ0v) is 17.2. The summed E-state index contributed by atoms with van der Waals surface area (Å²) in [7, 11) is 1.37. The van der Waals surface area contributed by atoms with Gasteiger partial charge in [-0.2, -0.15) is 0 Å². The Hall–Kier alpha value is -2.85. The normalized spacial score (nSPS) is 13.7. The maximum absolute atomic E-state index is 14.4. The molecule has 0 aromatic heterocycles. The van der Waals surface area contributed by atoms with Crippen LogP contribution >= 0.6 is 11.8 Å². The standard InChI is InChI=1S/C20H22FN3O5S/c1-28-19-5-2-14(10-18(19)24(26)27)12-30-13-20(25)22-15-3-4-17(16(21)11-15)23-6-8-29-9-7-23/h2-5,10-11H,6-9,12-13H2,1H3,(H,22,25). The van der Waals surface area contributed by atoms with Crippen molar-refractivity contribution in [3.8, 4) is 5.75 Å². The fourth-order valence-electron chi connectivity index (χ4n) is 3.07. The molecule has 0 saturated carbocycles. The van der Waals surface area contributed by atoms with Crippen LogP contribution in [0, 0.1) is 15.9 Å². The minimum absolute atomic E-state index is 0.115. The minimum atomic E-state index is -0.505. The Morgan fingerprint density at radius 2 is 2.07 bits per heavy atom. The summed E-state index contributed by atoms with van der Waals surface area (Å²) in [4.78, 5) is 24.7. The summed E-state index contributed by atoms with van der Waals surface area (Å²) in [6.07, 6.45) is 0. The summed E-state index contributed by atoms with van der Waals surface area (Å²) in [5.41, 5.74) is 1.47. The van der Waals surface area contributed by atoms with E-state index in [-0.39, 0.29) is 23.1 Å². The van der Waals surface area contributed by atoms with Crippen LogP contribution in [0.15, 0.2) is 36.4 Å². The van der Waals surface area contributed by atoms with Crippen LogP contribution in [-0.4, -0.2) is 50.0 Å². The first-order valence-electron chi connectivity index (χ1n) is 9.29. The molecular formula is C20H22FN3O5S. The topological polar surface area (TPSA) is 93.9 Å². The van der Waals surface area contributed by atoms with Crippen LogP contribution in [0.2, 0.25) is 0 Å². The Morgan fingerprint density at radius 1 is 1.30 bits per heavy atom. The number of amides is 1. The zero-order chi connectivity index (χ0) is 21.5. The molecule has 0 aliphatic carbocycles. The number of morpholine rings is 1. The minimum Gasteiger partial charge on any atom is -0.490 e. The summed E-state index contributed by atoms with van der Waals surface area (Å²) in [5, 5.41) is 13.8. The van der Waals surface area contributed by atoms with Gasteiger partial charge in [0, 0.05) is 30.6 Å². The summed E-state index contributed by atoms with van der Waals surface area (Å²) in [6, 6.07) is 9.32. The van der Waals surface area contributed by atoms with Crippen molar-refractivity contribution < 1.29 is 23.6 Å². The number of nitrogens with one attached hydrogen (secondary N) is 1. The Balaban J connectivity index is 1.52. The molecule has 1 fully saturated rings. The SMILES string of the molecule is COc1ccc(CSCC(=O)Nc2ccc(N3CCOCC3)c(F)c2)cc1[N+](=O)[O-]. The molecule has 1 saturated heterocycles. The number of carbonyl (C=O) groups is 1. The van der Waals surface area contributed by atoms with E-state index < -0.39 is 10.7 Å². The Labute approximate surface area is 177 Å². The molecule has 1 amide bonds. The molecule has 1 N–H and O–H groups in total. The second-order valence-electron chi connectivity index (χ2n) is 6.57. The molecular weight excluding hydrogens is 413 g/mol. The summed E-state index contributed by atoms with van der Waals surface area (Å²) < 4.78 is 24.7. The van der Waals surface area contributed by atoms with E-state index in [1.807, 2.05) is 4.90 Å². The fraction of sp³-hybridized carbons (Fsp3) is 0.350. The summed E-state index contributed by atoms with van der Waals surface area (Å²) >= 11 is 1.31. The van der Waals surface area contributed by atoms with Crippen molar-refractivity contribution in [2.75, 3.05) is 49.4 Å². The molecule has 1 aliphatic heterocycles. The number of hydrogen-bond donors (Lipinski definition) is 1. The molecule has 8 nitrogen and oxygen atoms in total. The highest BCUT2D eigenvalue weighted by molar-refractivity contribution is 7.99. The largest absolute Gasteiger partial charge is 0.490 e. The molecule has 0 radical (unpaired) electrons. The van der Waals surface area contributed by atoms with Gasteiger partial charge in [-0.1, -0.05) is 6.07 Å². The van der Waals surface area contributed by atoms with Gasteiger partial charge in [0.05, 0.1) is 36.7 Å². The number of nitrogens with zero attached hydrogens (tertiary/aromatic N) is 2. The molecule has 1 heterocycles. The lowest BCUT2D eigenvalue weighted by atomic mass is 10.2. The van der Waals surface area contributed by atoms with Gasteiger partial charge in [0.1, 0.15) is 5.82 Å². The van der Waals surface area contributed by atoms with Gasteiger partial charge in [0.25, 0.3) is 0 Å². The maximum Gasteiger partial charge on any atom is 0.311 e. The van der Waals surface area contributed by atoms with Crippen molar-refractivity contribution in [3.63, 3.8) is 0 Å². The first-order chi connectivity index (χ1) is 14.5. The molecule has 1 aliphatic rings. The molecule has 30 heavy (non-hydrogen) atoms. The third-order valence-corrected chi connectivity index (χ3v) is 5.53. The van der Waals surface area contributed by atoms with E-state index in [1.54, 1.807) is 18.2 Å². The molecule has 2 aromatic carbocycles. The lowest BCUT2D eigenvalue weighted by Gasteiger charge is -2.29. The zero-order valence-electron chi connectivity index (χ0n) is 16.4. The fourth-order valence-corrected chi connectivity index (χ4v) is 3.85. The molecule has 3 rings (SSSR count). The van der Waals surface area contributed by atoms with Gasteiger partial charge < -0.3 is 19.7 Å². The predicted molar refractivity (Wildman–Crippen MR) is 114 cm³/mol. The highest BCUT2D eigenvalue weighted by Crippen LogP contribution is 2.29. The highest BCUT2D eigenvalue weighted by atomic mass is 32.2. The number of anilines is 2. The van der Waals surface area contributed by atoms with E-state index in [2.05, 4.69) is 5.32 Å². The van der Waals surface area contributed by atoms with Crippen molar-refractivity contribution >= 4 is 34.7 Å². The van der Waals surface area contributed by atoms with Gasteiger partial charge in [0.15, 0.2) is 5.75 Å². The number of benzene rings is 2. The Morgan fingerprint density at radius 3 is 2.73 bits per heavy atom. The molecule has 2 aromatic rings. The lowest BCUT2D eigenvalue weighted by molar-refractivity contribution is -0.385. The van der Waals surface area contributed by atoms with E-state index in [0.29, 0.717) is 49.0 Å². The first kappa shape index (κ1) is 21.8. The molecule has 0 bridgehead atoms. The van der Waals surface area contributed by atoms with Crippen molar-refractivity contribution in [1.29, 1.82) is 0 Å². The van der Waals surface area contributed by atoms with Crippen LogP contribution in [0.5, 0.6) is 5.75 Å². The van der Waals surface area contributed by atoms with Gasteiger partial charge in [-0.15, -0.1) is 11.8 Å². The predicted octanol–water partition coefficient (Wildman–Crippen LogP) is 3.45. The molecule has 10 heteroatoms. The maximum atomic E-state index is 14.4. The van der Waals surface area contributed by atoms with Crippen molar-refractivity contribution in [1.82, 2.24) is 0 Å². The highest BCUT2D eigenvalue weighted by Gasteiger charge is 2.17. The van der Waals surface area contributed by atoms with E-state index in [1.165, 1.54) is 37.1 Å². The van der Waals surface area contributed by atoms with Crippen LogP contribution in [0.4, 0.5) is 21.5 Å². The number of nitro groups is 1. The summed E-state index contributed by atoms with van der Waals surface area (Å²) in [6.45, 7) is 2.38. The average molecular weight is 435 g/mol. The number of halogens is 1. The van der Waals surface area contributed by atoms with Crippen molar-refractivity contribution in [2.45, 2.75) is 5.75 Å². The lowest BCUT2D eigenvalue weighted by Crippen LogP contribution is -2.36. The van der Waals surface area contributed by atoms with Gasteiger partial charge in [-0.3, -0.25) is 14.9 Å². The monoisotopic (exact) mass is 435 g/mol. The number of ether oxygens (including phenoxy) is 2. The van der Waals surface area contributed by atoms with E-state index >= 15 is 0 Å². The Kier molecular flexibility index (Phi) is 7.47. The van der Waals surface area contributed by atoms with E-state index in [9.17, 15) is 19.3 Å². The van der Waals surface area contributed by atoms with E-state index in [0.717, 1.165) is 0 Å². The first-order valence-corrected chi connectivity index (χ1v) is 10.4. The van der Waals surface area contributed by atoms with Gasteiger partial charge in [-0.25, -0.2) is 4.39 Å². The molecule has 0 spiro atoms. The number of carbonyl (C=O) groups excluding carboxylic acids is 1. The van der Waals surface area contributed by atoms with E-state index in [4.69, 9.17) is 9.47 Å². The van der Waals surface area contributed by atoms with Gasteiger partial charge >= 0.3 is 5.69 Å². The number of methoxy groups -OCH3 is 1. The molecule has 0 unspecified atom stereocenters. The number of rotatable bonds is 8. The van der Waals surface area contributed by atoms with Crippen LogP contribution in [0.25, 0.3) is 0 Å². The average Bonchev–Trinajstić information content (AvgIpc) is 2.74. The quantitative estimate of drug-likeness (QED) is 0.501. The smallest absolute Gasteiger partial charge is 0.311 e. The number of nitro benzene ring substituents is 1. The number of hydrogen-bond acceptors (Lipinski definition) is 7. The van der Waals surface area contributed by atoms with Crippen LogP contribution < -0.4 is 15.0 Å². The molecule has 160 valence electrons. The molecule has 0 atom stereocenters. The third kappa shape index (κ3) is 5.61. The van der Waals surface area contributed by atoms with Crippen molar-refractivity contribution in [3.05, 3.63) is 57.9 Å². The van der Waals surface area contributed by atoms with Crippen LogP contribution in [0.1, 0.15) is 5.56 Å².